The molecule has 0 spiro atoms. The van der Waals surface area contributed by atoms with Crippen molar-refractivity contribution in [2.24, 2.45) is 11.8 Å². The number of alkyl halides is 1. The van der Waals surface area contributed by atoms with Gasteiger partial charge in [-0.15, -0.1) is 11.6 Å². The molecule has 0 rings (SSSR count). The van der Waals surface area contributed by atoms with Crippen LogP contribution < -0.4 is 5.32 Å². The molecule has 0 saturated carbocycles. The summed E-state index contributed by atoms with van der Waals surface area (Å²) in [7, 11) is 0. The number of carbonyl (C=O) groups excluding carboxylic acids is 1. The van der Waals surface area contributed by atoms with E-state index in [1.54, 1.807) is 0 Å². The van der Waals surface area contributed by atoms with Gasteiger partial charge in [-0.05, 0) is 18.8 Å². The smallest absolute Gasteiger partial charge is 0.223 e. The molecule has 1 amide bonds. The molecule has 0 aromatic heterocycles. The van der Waals surface area contributed by atoms with E-state index in [1.807, 2.05) is 6.92 Å². The Labute approximate surface area is 92.4 Å². The van der Waals surface area contributed by atoms with Gasteiger partial charge in [0.05, 0.1) is 0 Å². The monoisotopic (exact) mass is 219 g/mol. The van der Waals surface area contributed by atoms with Gasteiger partial charge in [-0.2, -0.15) is 0 Å². The predicted octanol–water partition coefficient (Wildman–Crippen LogP) is 2.80. The maximum Gasteiger partial charge on any atom is 0.223 e. The zero-order valence-electron chi connectivity index (χ0n) is 9.48. The van der Waals surface area contributed by atoms with Gasteiger partial charge in [0.2, 0.25) is 5.91 Å². The van der Waals surface area contributed by atoms with E-state index in [4.69, 9.17) is 11.6 Å². The van der Waals surface area contributed by atoms with Crippen LogP contribution in [0.2, 0.25) is 0 Å². The van der Waals surface area contributed by atoms with E-state index >= 15 is 0 Å². The third-order valence-corrected chi connectivity index (χ3v) is 2.79. The molecule has 0 heterocycles. The van der Waals surface area contributed by atoms with E-state index in [-0.39, 0.29) is 11.8 Å². The largest absolute Gasteiger partial charge is 0.356 e. The lowest BCUT2D eigenvalue weighted by atomic mass is 9.97. The Morgan fingerprint density at radius 2 is 1.86 bits per heavy atom. The van der Waals surface area contributed by atoms with Crippen molar-refractivity contribution in [2.45, 2.75) is 40.0 Å². The van der Waals surface area contributed by atoms with Gasteiger partial charge in [-0.3, -0.25) is 4.79 Å². The number of amides is 1. The molecule has 1 N–H and O–H groups in total. The van der Waals surface area contributed by atoms with Gasteiger partial charge in [0, 0.05) is 18.3 Å². The van der Waals surface area contributed by atoms with Crippen LogP contribution in [0, 0.1) is 11.8 Å². The molecule has 0 aromatic carbocycles. The first kappa shape index (κ1) is 13.8. The average molecular weight is 220 g/mol. The van der Waals surface area contributed by atoms with Gasteiger partial charge in [-0.25, -0.2) is 0 Å². The Hall–Kier alpha value is -0.240. The Balaban J connectivity index is 3.44. The Morgan fingerprint density at radius 1 is 1.21 bits per heavy atom. The highest BCUT2D eigenvalue weighted by molar-refractivity contribution is 6.17. The quantitative estimate of drug-likeness (QED) is 0.518. The van der Waals surface area contributed by atoms with Crippen molar-refractivity contribution < 1.29 is 4.79 Å². The molecule has 2 nitrogen and oxygen atoms in total. The van der Waals surface area contributed by atoms with Gasteiger partial charge in [-0.1, -0.05) is 27.2 Å². The number of hydrogen-bond acceptors (Lipinski definition) is 1. The fourth-order valence-corrected chi connectivity index (χ4v) is 1.26. The molecule has 84 valence electrons. The molecule has 0 aliphatic rings. The first-order valence-electron chi connectivity index (χ1n) is 5.43. The normalized spacial score (nSPS) is 12.9. The van der Waals surface area contributed by atoms with Crippen LogP contribution in [-0.2, 0) is 4.79 Å². The van der Waals surface area contributed by atoms with Crippen molar-refractivity contribution in [3.05, 3.63) is 0 Å². The molecule has 0 aromatic rings. The number of nitrogens with one attached hydrogen (secondary N) is 1. The lowest BCUT2D eigenvalue weighted by Gasteiger charge is -2.14. The number of carbonyl (C=O) groups is 1. The Kier molecular flexibility index (Phi) is 7.96. The molecular formula is C11H22ClNO. The maximum absolute atomic E-state index is 11.5. The SMILES string of the molecule is CC(C)C(C)C(=O)NCCCCCCl. The second kappa shape index (κ2) is 8.10. The lowest BCUT2D eigenvalue weighted by molar-refractivity contribution is -0.125. The van der Waals surface area contributed by atoms with Crippen LogP contribution in [0.4, 0.5) is 0 Å². The summed E-state index contributed by atoms with van der Waals surface area (Å²) in [5.74, 6) is 1.42. The molecule has 0 saturated heterocycles. The van der Waals surface area contributed by atoms with Crippen molar-refractivity contribution in [3.63, 3.8) is 0 Å². The van der Waals surface area contributed by atoms with E-state index in [9.17, 15) is 4.79 Å². The van der Waals surface area contributed by atoms with Gasteiger partial charge in [0.15, 0.2) is 0 Å². The third-order valence-electron chi connectivity index (χ3n) is 2.52. The van der Waals surface area contributed by atoms with Crippen molar-refractivity contribution in [1.29, 1.82) is 0 Å². The Morgan fingerprint density at radius 3 is 2.36 bits per heavy atom. The molecule has 0 radical (unpaired) electrons. The minimum absolute atomic E-state index is 0.114. The fraction of sp³-hybridized carbons (Fsp3) is 0.909. The first-order valence-corrected chi connectivity index (χ1v) is 5.96. The molecule has 14 heavy (non-hydrogen) atoms. The standard InChI is InChI=1S/C11H22ClNO/c1-9(2)10(3)11(14)13-8-6-4-5-7-12/h9-10H,4-8H2,1-3H3,(H,13,14). The van der Waals surface area contributed by atoms with Gasteiger partial charge in [0.1, 0.15) is 0 Å². The minimum Gasteiger partial charge on any atom is -0.356 e. The topological polar surface area (TPSA) is 29.1 Å². The van der Waals surface area contributed by atoms with Gasteiger partial charge >= 0.3 is 0 Å². The van der Waals surface area contributed by atoms with Crippen LogP contribution >= 0.6 is 11.6 Å². The summed E-state index contributed by atoms with van der Waals surface area (Å²) < 4.78 is 0. The highest BCUT2D eigenvalue weighted by Gasteiger charge is 2.15. The summed E-state index contributed by atoms with van der Waals surface area (Å²) in [4.78, 5) is 11.5. The Bertz CT molecular complexity index is 159. The molecule has 0 fully saturated rings. The first-order chi connectivity index (χ1) is 6.59. The van der Waals surface area contributed by atoms with E-state index in [2.05, 4.69) is 19.2 Å². The zero-order valence-corrected chi connectivity index (χ0v) is 10.2. The van der Waals surface area contributed by atoms with Crippen LogP contribution in [0.3, 0.4) is 0 Å². The lowest BCUT2D eigenvalue weighted by Crippen LogP contribution is -2.32. The van der Waals surface area contributed by atoms with Crippen molar-refractivity contribution in [2.75, 3.05) is 12.4 Å². The molecular weight excluding hydrogens is 198 g/mol. The number of unbranched alkanes of at least 4 members (excludes halogenated alkanes) is 2. The minimum atomic E-state index is 0.114. The average Bonchev–Trinajstić information content (AvgIpc) is 2.16. The summed E-state index contributed by atoms with van der Waals surface area (Å²) in [5.41, 5.74) is 0. The van der Waals surface area contributed by atoms with Crippen LogP contribution in [0.5, 0.6) is 0 Å². The van der Waals surface area contributed by atoms with Crippen LogP contribution in [-0.4, -0.2) is 18.3 Å². The second-order valence-corrected chi connectivity index (χ2v) is 4.45. The third kappa shape index (κ3) is 6.25. The van der Waals surface area contributed by atoms with E-state index in [0.717, 1.165) is 31.7 Å². The summed E-state index contributed by atoms with van der Waals surface area (Å²) in [6.45, 7) is 6.89. The van der Waals surface area contributed by atoms with E-state index in [0.29, 0.717) is 5.92 Å². The molecule has 1 atom stereocenters. The number of hydrogen-bond donors (Lipinski definition) is 1. The van der Waals surface area contributed by atoms with Crippen molar-refractivity contribution in [3.8, 4) is 0 Å². The summed E-state index contributed by atoms with van der Waals surface area (Å²) in [6.07, 6.45) is 3.17. The summed E-state index contributed by atoms with van der Waals surface area (Å²) in [5, 5.41) is 2.94. The molecule has 0 aliphatic carbocycles. The van der Waals surface area contributed by atoms with Gasteiger partial charge < -0.3 is 5.32 Å². The summed E-state index contributed by atoms with van der Waals surface area (Å²) in [6, 6.07) is 0. The number of rotatable bonds is 7. The second-order valence-electron chi connectivity index (χ2n) is 4.07. The van der Waals surface area contributed by atoms with Crippen LogP contribution in [0.1, 0.15) is 40.0 Å². The van der Waals surface area contributed by atoms with Crippen molar-refractivity contribution >= 4 is 17.5 Å². The number of halogens is 1. The van der Waals surface area contributed by atoms with Gasteiger partial charge in [0.25, 0.3) is 0 Å². The van der Waals surface area contributed by atoms with E-state index < -0.39 is 0 Å². The molecule has 1 unspecified atom stereocenters. The van der Waals surface area contributed by atoms with Crippen LogP contribution in [0.25, 0.3) is 0 Å². The van der Waals surface area contributed by atoms with Crippen LogP contribution in [0.15, 0.2) is 0 Å². The van der Waals surface area contributed by atoms with Crippen molar-refractivity contribution in [1.82, 2.24) is 5.32 Å². The molecule has 0 bridgehead atoms. The summed E-state index contributed by atoms with van der Waals surface area (Å²) >= 11 is 5.55. The fourth-order valence-electron chi connectivity index (χ4n) is 1.07. The molecule has 0 aliphatic heterocycles. The zero-order chi connectivity index (χ0) is 11.0. The van der Waals surface area contributed by atoms with E-state index in [1.165, 1.54) is 0 Å². The predicted molar refractivity (Wildman–Crippen MR) is 61.6 cm³/mol. The highest BCUT2D eigenvalue weighted by atomic mass is 35.5. The molecule has 3 heteroatoms. The maximum atomic E-state index is 11.5. The highest BCUT2D eigenvalue weighted by Crippen LogP contribution is 2.09.